The average molecular weight is 320 g/mol. The maximum atomic E-state index is 12.3. The highest BCUT2D eigenvalue weighted by Gasteiger charge is 2.28. The highest BCUT2D eigenvalue weighted by molar-refractivity contribution is 5.96. The van der Waals surface area contributed by atoms with E-state index in [1.165, 1.54) is 0 Å². The first-order valence-electron chi connectivity index (χ1n) is 7.37. The zero-order valence-corrected chi connectivity index (χ0v) is 13.2. The molecule has 0 radical (unpaired) electrons. The van der Waals surface area contributed by atoms with Gasteiger partial charge in [-0.05, 0) is 37.1 Å². The number of nitrogens with one attached hydrogen (secondary N) is 1. The summed E-state index contributed by atoms with van der Waals surface area (Å²) in [4.78, 5) is 36.1. The van der Waals surface area contributed by atoms with Gasteiger partial charge in [0.05, 0.1) is 0 Å². The Labute approximate surface area is 134 Å². The van der Waals surface area contributed by atoms with Crippen LogP contribution in [0.1, 0.15) is 18.4 Å². The molecule has 1 aliphatic rings. The van der Waals surface area contributed by atoms with Gasteiger partial charge in [0.25, 0.3) is 0 Å². The largest absolute Gasteiger partial charge is 0.482 e. The number of anilines is 1. The highest BCUT2D eigenvalue weighted by Crippen LogP contribution is 2.24. The average Bonchev–Trinajstić information content (AvgIpc) is 2.50. The second kappa shape index (κ2) is 7.13. The third-order valence-corrected chi connectivity index (χ3v) is 3.85. The Morgan fingerprint density at radius 2 is 2.17 bits per heavy atom. The van der Waals surface area contributed by atoms with E-state index >= 15 is 0 Å². The van der Waals surface area contributed by atoms with Crippen LogP contribution in [0.3, 0.4) is 0 Å². The van der Waals surface area contributed by atoms with E-state index in [-0.39, 0.29) is 24.2 Å². The second-order valence-corrected chi connectivity index (χ2v) is 5.65. The molecule has 7 heteroatoms. The number of ether oxygens (including phenoxy) is 1. The van der Waals surface area contributed by atoms with E-state index in [0.717, 1.165) is 5.56 Å². The van der Waals surface area contributed by atoms with Crippen LogP contribution in [0.4, 0.5) is 5.69 Å². The molecule has 0 bridgehead atoms. The van der Waals surface area contributed by atoms with Gasteiger partial charge < -0.3 is 20.1 Å². The zero-order chi connectivity index (χ0) is 17.0. The first kappa shape index (κ1) is 16.8. The molecule has 1 aromatic rings. The topological polar surface area (TPSA) is 95.9 Å². The van der Waals surface area contributed by atoms with Crippen LogP contribution >= 0.6 is 0 Å². The number of carboxylic acids is 1. The lowest BCUT2D eigenvalue weighted by Crippen LogP contribution is -2.39. The van der Waals surface area contributed by atoms with Crippen molar-refractivity contribution < 1.29 is 24.2 Å². The van der Waals surface area contributed by atoms with Gasteiger partial charge in [-0.1, -0.05) is 0 Å². The summed E-state index contributed by atoms with van der Waals surface area (Å²) in [6, 6.07) is 4.94. The molecule has 1 heterocycles. The van der Waals surface area contributed by atoms with Gasteiger partial charge in [0.15, 0.2) is 6.61 Å². The number of carbonyl (C=O) groups excluding carboxylic acids is 2. The van der Waals surface area contributed by atoms with Gasteiger partial charge in [-0.2, -0.15) is 0 Å². The SMILES string of the molecule is Cc1cc(OCC(=O)O)ccc1NC(=O)C1CCN(C)C(=O)C1. The lowest BCUT2D eigenvalue weighted by Gasteiger charge is -2.28. The Bertz CT molecular complexity index is 629. The monoisotopic (exact) mass is 320 g/mol. The summed E-state index contributed by atoms with van der Waals surface area (Å²) < 4.78 is 5.09. The van der Waals surface area contributed by atoms with Gasteiger partial charge in [-0.25, -0.2) is 4.79 Å². The van der Waals surface area contributed by atoms with E-state index < -0.39 is 12.6 Å². The van der Waals surface area contributed by atoms with Crippen LogP contribution in [0.15, 0.2) is 18.2 Å². The van der Waals surface area contributed by atoms with E-state index in [2.05, 4.69) is 5.32 Å². The van der Waals surface area contributed by atoms with Gasteiger partial charge in [0.1, 0.15) is 5.75 Å². The standard InChI is InChI=1S/C16H20N2O5/c1-10-7-12(23-9-15(20)21)3-4-13(10)17-16(22)11-5-6-18(2)14(19)8-11/h3-4,7,11H,5-6,8-9H2,1-2H3,(H,17,22)(H,20,21). The third kappa shape index (κ3) is 4.45. The van der Waals surface area contributed by atoms with E-state index in [9.17, 15) is 14.4 Å². The number of rotatable bonds is 5. The predicted octanol–water partition coefficient (Wildman–Crippen LogP) is 1.27. The molecule has 1 fully saturated rings. The van der Waals surface area contributed by atoms with Crippen molar-refractivity contribution in [3.8, 4) is 5.75 Å². The molecular formula is C16H20N2O5. The molecule has 2 amide bonds. The van der Waals surface area contributed by atoms with Crippen LogP contribution in [0.5, 0.6) is 5.75 Å². The quantitative estimate of drug-likeness (QED) is 0.851. The fraction of sp³-hybridized carbons (Fsp3) is 0.438. The summed E-state index contributed by atoms with van der Waals surface area (Å²) in [6.07, 6.45) is 0.869. The summed E-state index contributed by atoms with van der Waals surface area (Å²) in [6.45, 7) is 1.96. The molecule has 23 heavy (non-hydrogen) atoms. The maximum Gasteiger partial charge on any atom is 0.341 e. The number of piperidine rings is 1. The molecule has 0 aromatic heterocycles. The van der Waals surface area contributed by atoms with Gasteiger partial charge >= 0.3 is 5.97 Å². The van der Waals surface area contributed by atoms with Crippen molar-refractivity contribution in [2.75, 3.05) is 25.5 Å². The van der Waals surface area contributed by atoms with Crippen LogP contribution in [0.25, 0.3) is 0 Å². The predicted molar refractivity (Wildman–Crippen MR) is 83.3 cm³/mol. The Morgan fingerprint density at radius 1 is 1.43 bits per heavy atom. The molecule has 0 spiro atoms. The summed E-state index contributed by atoms with van der Waals surface area (Å²) in [5, 5.41) is 11.4. The molecular weight excluding hydrogens is 300 g/mol. The Kier molecular flexibility index (Phi) is 5.20. The molecule has 0 aliphatic carbocycles. The number of aryl methyl sites for hydroxylation is 1. The number of carbonyl (C=O) groups is 3. The fourth-order valence-electron chi connectivity index (χ4n) is 2.41. The Balaban J connectivity index is 1.98. The number of amides is 2. The highest BCUT2D eigenvalue weighted by atomic mass is 16.5. The molecule has 1 aliphatic heterocycles. The molecule has 2 N–H and O–H groups in total. The van der Waals surface area contributed by atoms with Crippen molar-refractivity contribution >= 4 is 23.5 Å². The summed E-state index contributed by atoms with van der Waals surface area (Å²) in [5.41, 5.74) is 1.39. The minimum Gasteiger partial charge on any atom is -0.482 e. The van der Waals surface area contributed by atoms with E-state index in [0.29, 0.717) is 24.4 Å². The molecule has 7 nitrogen and oxygen atoms in total. The number of likely N-dealkylation sites (tertiary alicyclic amines) is 1. The van der Waals surface area contributed by atoms with E-state index in [1.54, 1.807) is 37.1 Å². The van der Waals surface area contributed by atoms with Gasteiger partial charge in [0, 0.05) is 31.6 Å². The minimum absolute atomic E-state index is 0.0226. The second-order valence-electron chi connectivity index (χ2n) is 5.65. The van der Waals surface area contributed by atoms with Gasteiger partial charge in [-0.15, -0.1) is 0 Å². The summed E-state index contributed by atoms with van der Waals surface area (Å²) in [7, 11) is 1.73. The summed E-state index contributed by atoms with van der Waals surface area (Å²) >= 11 is 0. The van der Waals surface area contributed by atoms with E-state index in [1.807, 2.05) is 0 Å². The molecule has 1 saturated heterocycles. The van der Waals surface area contributed by atoms with Crippen LogP contribution in [-0.2, 0) is 14.4 Å². The lowest BCUT2D eigenvalue weighted by molar-refractivity contribution is -0.139. The van der Waals surface area contributed by atoms with Crippen molar-refractivity contribution in [3.63, 3.8) is 0 Å². The van der Waals surface area contributed by atoms with Crippen molar-refractivity contribution in [3.05, 3.63) is 23.8 Å². The Hall–Kier alpha value is -2.57. The number of carboxylic acid groups (broad SMARTS) is 1. The number of hydrogen-bond acceptors (Lipinski definition) is 4. The van der Waals surface area contributed by atoms with Crippen molar-refractivity contribution in [1.29, 1.82) is 0 Å². The van der Waals surface area contributed by atoms with Crippen molar-refractivity contribution in [2.24, 2.45) is 5.92 Å². The molecule has 2 rings (SSSR count). The van der Waals surface area contributed by atoms with Crippen LogP contribution in [0.2, 0.25) is 0 Å². The molecule has 0 saturated carbocycles. The number of hydrogen-bond donors (Lipinski definition) is 2. The fourth-order valence-corrected chi connectivity index (χ4v) is 2.41. The Morgan fingerprint density at radius 3 is 2.78 bits per heavy atom. The zero-order valence-electron chi connectivity index (χ0n) is 13.2. The number of aliphatic carboxylic acids is 1. The number of nitrogens with zero attached hydrogens (tertiary/aromatic N) is 1. The number of benzene rings is 1. The van der Waals surface area contributed by atoms with Gasteiger partial charge in [0.2, 0.25) is 11.8 Å². The third-order valence-electron chi connectivity index (χ3n) is 3.85. The van der Waals surface area contributed by atoms with Crippen LogP contribution in [0, 0.1) is 12.8 Å². The van der Waals surface area contributed by atoms with Gasteiger partial charge in [-0.3, -0.25) is 9.59 Å². The molecule has 124 valence electrons. The first-order valence-corrected chi connectivity index (χ1v) is 7.37. The van der Waals surface area contributed by atoms with Crippen LogP contribution < -0.4 is 10.1 Å². The first-order chi connectivity index (χ1) is 10.9. The normalized spacial score (nSPS) is 17.7. The lowest BCUT2D eigenvalue weighted by atomic mass is 9.95. The smallest absolute Gasteiger partial charge is 0.341 e. The van der Waals surface area contributed by atoms with Crippen molar-refractivity contribution in [2.45, 2.75) is 19.8 Å². The van der Waals surface area contributed by atoms with Crippen molar-refractivity contribution in [1.82, 2.24) is 4.90 Å². The molecule has 1 aromatic carbocycles. The van der Waals surface area contributed by atoms with Crippen LogP contribution in [-0.4, -0.2) is 48.0 Å². The minimum atomic E-state index is -1.05. The van der Waals surface area contributed by atoms with E-state index in [4.69, 9.17) is 9.84 Å². The summed E-state index contributed by atoms with van der Waals surface area (Å²) in [5.74, 6) is -1.13. The molecule has 1 unspecified atom stereocenters. The maximum absolute atomic E-state index is 12.3. The molecule has 1 atom stereocenters.